The summed E-state index contributed by atoms with van der Waals surface area (Å²) in [5.41, 5.74) is 0. The maximum atomic E-state index is 6.62. The van der Waals surface area contributed by atoms with E-state index in [0.717, 1.165) is 19.8 Å². The van der Waals surface area contributed by atoms with Crippen molar-refractivity contribution in [3.8, 4) is 11.8 Å². The van der Waals surface area contributed by atoms with Crippen LogP contribution in [-0.4, -0.2) is 79.9 Å². The summed E-state index contributed by atoms with van der Waals surface area (Å²) in [6, 6.07) is 0. The number of unbranched alkanes of at least 4 members (excludes halogenated alkanes) is 1. The van der Waals surface area contributed by atoms with Crippen LogP contribution in [0.1, 0.15) is 355 Å². The zero-order valence-corrected chi connectivity index (χ0v) is 65.8. The molecule has 0 aromatic heterocycles. The molecule has 0 atom stereocenters. The van der Waals surface area contributed by atoms with Crippen molar-refractivity contribution in [2.45, 2.75) is 358 Å². The Morgan fingerprint density at radius 1 is 0.411 bits per heavy atom. The second-order valence-electron chi connectivity index (χ2n) is 6.30. The number of hydrogen-bond acceptors (Lipinski definition) is 6. The third kappa shape index (κ3) is 3860. The molecule has 0 saturated heterocycles. The minimum absolute atomic E-state index is 0.384. The molecular formula is C67H183NO4S. The number of thioether (sulfide) groups is 1. The quantitative estimate of drug-likeness (QED) is 0.203. The lowest BCUT2D eigenvalue weighted by Crippen LogP contribution is -2.01. The van der Waals surface area contributed by atoms with Gasteiger partial charge in [0.15, 0.2) is 0 Å². The predicted octanol–water partition coefficient (Wildman–Crippen LogP) is 27.5. The largest absolute Gasteiger partial charge is 0.385 e. The molecule has 1 N–H and O–H groups in total. The number of methoxy groups -OCH3 is 4. The first-order valence-corrected chi connectivity index (χ1v) is 32.7. The Morgan fingerprint density at radius 3 is 0.521 bits per heavy atom. The first-order chi connectivity index (χ1) is 36.2. The van der Waals surface area contributed by atoms with Crippen LogP contribution in [0.5, 0.6) is 0 Å². The topological polar surface area (TPSA) is 49.0 Å². The van der Waals surface area contributed by atoms with E-state index in [9.17, 15) is 0 Å². The second-order valence-corrected chi connectivity index (χ2v) is 7.45. The molecule has 0 aliphatic rings. The van der Waals surface area contributed by atoms with E-state index in [-0.39, 0.29) is 0 Å². The van der Waals surface area contributed by atoms with E-state index in [0.29, 0.717) is 6.10 Å². The zero-order valence-electron chi connectivity index (χ0n) is 67.0. The third-order valence-corrected chi connectivity index (χ3v) is 3.56. The van der Waals surface area contributed by atoms with Gasteiger partial charge in [0.05, 0.1) is 8.85 Å². The molecule has 0 radical (unpaired) electrons. The van der Waals surface area contributed by atoms with E-state index in [1.165, 1.54) is 32.6 Å². The fourth-order valence-corrected chi connectivity index (χ4v) is 0. The molecular weight excluding hydrogens is 915 g/mol. The monoisotopic (exact) mass is 1100 g/mol. The van der Waals surface area contributed by atoms with Gasteiger partial charge in [-0.3, -0.25) is 0 Å². The highest BCUT2D eigenvalue weighted by atomic mass is 32.2. The lowest BCUT2D eigenvalue weighted by atomic mass is 10.4. The van der Waals surface area contributed by atoms with Crippen LogP contribution in [0.4, 0.5) is 0 Å². The lowest BCUT2D eigenvalue weighted by molar-refractivity contribution is 0.134. The van der Waals surface area contributed by atoms with E-state index in [2.05, 4.69) is 65.3 Å². The van der Waals surface area contributed by atoms with Crippen LogP contribution >= 0.6 is 11.8 Å². The van der Waals surface area contributed by atoms with E-state index in [4.69, 9.17) is 7.48 Å². The van der Waals surface area contributed by atoms with Crippen LogP contribution < -0.4 is 5.32 Å². The molecule has 0 aromatic carbocycles. The number of nitrogens with one attached hydrogen (secondary N) is 1. The molecule has 0 rings (SSSR count). The van der Waals surface area contributed by atoms with Crippen molar-refractivity contribution < 1.29 is 21.7 Å². The van der Waals surface area contributed by atoms with Crippen LogP contribution in [0.2, 0.25) is 0 Å². The van der Waals surface area contributed by atoms with Gasteiger partial charge in [-0.2, -0.15) is 11.8 Å². The summed E-state index contributed by atoms with van der Waals surface area (Å²) in [6.45, 7) is 98.7. The highest BCUT2D eigenvalue weighted by molar-refractivity contribution is 7.98. The Kier molecular flexibility index (Phi) is 2110. The molecule has 486 valence electrons. The molecule has 0 fully saturated rings. The van der Waals surface area contributed by atoms with Gasteiger partial charge in [0.1, 0.15) is 0 Å². The number of hydrogen-bond donors (Lipinski definition) is 1. The first kappa shape index (κ1) is 164. The average Bonchev–Trinajstić information content (AvgIpc) is 3.56. The molecule has 0 amide bonds. The van der Waals surface area contributed by atoms with E-state index >= 15 is 0 Å². The van der Waals surface area contributed by atoms with Gasteiger partial charge in [0.25, 0.3) is 0 Å². The highest BCUT2D eigenvalue weighted by Gasteiger charge is 1.78. The number of ether oxygens (including phenoxy) is 4. The normalized spacial score (nSPS) is 5.92. The molecule has 0 spiro atoms. The van der Waals surface area contributed by atoms with Gasteiger partial charge >= 0.3 is 0 Å². The van der Waals surface area contributed by atoms with Gasteiger partial charge in [-0.05, 0) is 87.9 Å². The summed E-state index contributed by atoms with van der Waals surface area (Å²) in [6.07, 6.45) is 9.12. The highest BCUT2D eigenvalue weighted by Crippen LogP contribution is 1.83. The minimum Gasteiger partial charge on any atom is -0.385 e. The Labute approximate surface area is 492 Å². The van der Waals surface area contributed by atoms with E-state index in [1.807, 2.05) is 336 Å². The summed E-state index contributed by atoms with van der Waals surface area (Å²) < 4.78 is 31.4. The van der Waals surface area contributed by atoms with Crippen LogP contribution in [-0.2, 0) is 18.9 Å². The Hall–Kier alpha value is -0.550. The zero-order chi connectivity index (χ0) is 69.4. The Morgan fingerprint density at radius 2 is 0.521 bits per heavy atom. The third-order valence-electron chi connectivity index (χ3n) is 2.98. The van der Waals surface area contributed by atoms with Gasteiger partial charge in [0, 0.05) is 48.2 Å². The number of allylic oxidation sites excluding steroid dienone is 2. The van der Waals surface area contributed by atoms with Crippen molar-refractivity contribution in [1.29, 1.82) is 0 Å². The maximum Gasteiger partial charge on any atom is 0.0563 e. The van der Waals surface area contributed by atoms with Crippen LogP contribution in [0.3, 0.4) is 0 Å². The molecule has 0 bridgehead atoms. The van der Waals surface area contributed by atoms with Crippen molar-refractivity contribution in [3.05, 3.63) is 12.2 Å². The molecule has 0 aliphatic heterocycles. The standard InChI is InChI=1S/C4H10O.C4H10.C4H8.C4H6.C3H9N.3C3H8O.C3H8S.18C2H6/c1-4(2)5-3;8*1-3-4-2;18*1-2/h4H,1-3H3;3-4H2,1-2H3;3-4H,1-2H3;1-2H3;4H,3H2,1-2H3;4*3H2,1-2H3;18*1-2H3/b;;4-3+;;;;;;;;;;;;;;;;;;;;;;;;/i;;;;;3D2;;;;;;;;;;;;;;;;;;;;;. The summed E-state index contributed by atoms with van der Waals surface area (Å²) in [5.74, 6) is 6.60. The van der Waals surface area contributed by atoms with Crippen LogP contribution in [0, 0.1) is 11.8 Å². The molecule has 0 heterocycles. The summed E-state index contributed by atoms with van der Waals surface area (Å²) in [5, 5.41) is 2.93. The Bertz CT molecular complexity index is 337. The predicted molar refractivity (Wildman–Crippen MR) is 383 cm³/mol. The van der Waals surface area contributed by atoms with E-state index in [1.54, 1.807) is 21.3 Å². The molecule has 0 aliphatic carbocycles. The number of rotatable bonds is 7. The van der Waals surface area contributed by atoms with Gasteiger partial charge in [-0.25, -0.2) is 0 Å². The molecule has 6 heteroatoms. The van der Waals surface area contributed by atoms with Crippen LogP contribution in [0.15, 0.2) is 12.2 Å². The van der Waals surface area contributed by atoms with Gasteiger partial charge in [-0.1, -0.05) is 302 Å². The van der Waals surface area contributed by atoms with Gasteiger partial charge < -0.3 is 24.3 Å². The smallest absolute Gasteiger partial charge is 0.0563 e. The van der Waals surface area contributed by atoms with Crippen molar-refractivity contribution in [2.24, 2.45) is 0 Å². The fourth-order valence-electron chi connectivity index (χ4n) is 0. The summed E-state index contributed by atoms with van der Waals surface area (Å²) >= 11 is 1.86. The second kappa shape index (κ2) is 937. The molecule has 5 nitrogen and oxygen atoms in total. The maximum absolute atomic E-state index is 6.62. The van der Waals surface area contributed by atoms with Gasteiger partial charge in [-0.15, -0.1) is 11.8 Å². The molecule has 0 unspecified atom stereocenters. The van der Waals surface area contributed by atoms with Crippen molar-refractivity contribution in [1.82, 2.24) is 5.32 Å². The molecule has 0 saturated carbocycles. The Balaban J connectivity index is -0.0000000129. The molecule has 0 aromatic rings. The minimum atomic E-state index is -1.46. The average molecular weight is 1100 g/mol. The summed E-state index contributed by atoms with van der Waals surface area (Å²) in [4.78, 5) is 0. The summed E-state index contributed by atoms with van der Waals surface area (Å²) in [7, 11) is 8.32. The SMILES string of the molecule is C/C=C/C.CC.CC.CC.CC.CC.CC.CC.CC.CC.CC.CC.CC.CC.CC.CC.CC.CC.CC.CC#CC.CCCC.CCNC.CCOC.CCOC.CCSC.COC(C)C.[2H]C([2H])(C)OC. The lowest BCUT2D eigenvalue weighted by Gasteiger charge is -1.94. The van der Waals surface area contributed by atoms with Gasteiger partial charge in [0.2, 0.25) is 0 Å². The van der Waals surface area contributed by atoms with Crippen molar-refractivity contribution in [3.63, 3.8) is 0 Å². The van der Waals surface area contributed by atoms with Crippen LogP contribution in [0.25, 0.3) is 0 Å². The van der Waals surface area contributed by atoms with Crippen molar-refractivity contribution >= 4 is 11.8 Å². The van der Waals surface area contributed by atoms with Crippen molar-refractivity contribution in [2.75, 3.05) is 73.8 Å². The first-order valence-electron chi connectivity index (χ1n) is 32.3. The van der Waals surface area contributed by atoms with E-state index < -0.39 is 6.56 Å². The fraction of sp³-hybridized carbons (Fsp3) is 0.940. The molecule has 73 heavy (non-hydrogen) atoms.